The van der Waals surface area contributed by atoms with Gasteiger partial charge in [-0.15, -0.1) is 0 Å². The molecular weight excluding hydrogens is 399 g/mol. The van der Waals surface area contributed by atoms with Crippen molar-refractivity contribution in [3.63, 3.8) is 0 Å². The van der Waals surface area contributed by atoms with Crippen LogP contribution < -0.4 is 16.4 Å². The van der Waals surface area contributed by atoms with Gasteiger partial charge in [0.05, 0.1) is 17.6 Å². The van der Waals surface area contributed by atoms with Crippen molar-refractivity contribution in [2.75, 3.05) is 18.1 Å². The van der Waals surface area contributed by atoms with E-state index in [0.717, 1.165) is 0 Å². The lowest BCUT2D eigenvalue weighted by molar-refractivity contribution is 0.0963. The van der Waals surface area contributed by atoms with Gasteiger partial charge in [0.1, 0.15) is 41.2 Å². The van der Waals surface area contributed by atoms with Gasteiger partial charge in [0, 0.05) is 24.4 Å². The molecule has 1 amide bonds. The Hall–Kier alpha value is -4.52. The maximum atomic E-state index is 14.0. The molecule has 31 heavy (non-hydrogen) atoms. The second kappa shape index (κ2) is 8.08. The SMILES string of the molecule is CNC(=O)c1cccc(-n2c(CNc3ncnc(N)c3C#N)nc3ccc(F)cc32)c1. The first-order chi connectivity index (χ1) is 15.0. The number of halogens is 1. The van der Waals surface area contributed by atoms with Crippen LogP contribution in [0.5, 0.6) is 0 Å². The molecule has 0 aliphatic rings. The number of hydrogen-bond acceptors (Lipinski definition) is 7. The van der Waals surface area contributed by atoms with Crippen molar-refractivity contribution in [1.82, 2.24) is 24.8 Å². The average Bonchev–Trinajstić information content (AvgIpc) is 3.14. The molecule has 10 heteroatoms. The third-order valence-electron chi connectivity index (χ3n) is 4.68. The highest BCUT2D eigenvalue weighted by molar-refractivity contribution is 5.94. The first-order valence-electron chi connectivity index (χ1n) is 9.25. The number of amides is 1. The van der Waals surface area contributed by atoms with E-state index < -0.39 is 5.82 Å². The molecule has 0 spiro atoms. The standard InChI is InChI=1S/C21H17FN8O/c1-25-21(31)12-3-2-4-14(7-12)30-17-8-13(22)5-6-16(17)29-18(30)10-26-20-15(9-23)19(24)27-11-28-20/h2-8,11H,10H2,1H3,(H,25,31)(H3,24,26,27,28). The number of fused-ring (bicyclic) bond motifs is 1. The predicted octanol–water partition coefficient (Wildman–Crippen LogP) is 2.38. The van der Waals surface area contributed by atoms with Crippen LogP contribution in [0.3, 0.4) is 0 Å². The quantitative estimate of drug-likeness (QED) is 0.455. The summed E-state index contributed by atoms with van der Waals surface area (Å²) in [6.45, 7) is 0.158. The zero-order valence-corrected chi connectivity index (χ0v) is 16.4. The molecule has 0 aliphatic carbocycles. The summed E-state index contributed by atoms with van der Waals surface area (Å²) in [7, 11) is 1.55. The number of carbonyl (C=O) groups excluding carboxylic acids is 1. The maximum Gasteiger partial charge on any atom is 0.251 e. The third-order valence-corrected chi connectivity index (χ3v) is 4.68. The molecule has 0 unspecified atom stereocenters. The fourth-order valence-electron chi connectivity index (χ4n) is 3.24. The highest BCUT2D eigenvalue weighted by Crippen LogP contribution is 2.24. The molecule has 0 fully saturated rings. The van der Waals surface area contributed by atoms with E-state index in [-0.39, 0.29) is 29.7 Å². The lowest BCUT2D eigenvalue weighted by Crippen LogP contribution is -2.18. The lowest BCUT2D eigenvalue weighted by Gasteiger charge is -2.12. The summed E-state index contributed by atoms with van der Waals surface area (Å²) >= 11 is 0. The summed E-state index contributed by atoms with van der Waals surface area (Å²) < 4.78 is 15.8. The highest BCUT2D eigenvalue weighted by Gasteiger charge is 2.16. The van der Waals surface area contributed by atoms with Gasteiger partial charge in [-0.1, -0.05) is 6.07 Å². The molecule has 0 atom stereocenters. The minimum Gasteiger partial charge on any atom is -0.382 e. The van der Waals surface area contributed by atoms with E-state index in [1.54, 1.807) is 41.9 Å². The summed E-state index contributed by atoms with van der Waals surface area (Å²) in [6, 6.07) is 13.2. The number of imidazole rings is 1. The van der Waals surface area contributed by atoms with E-state index in [0.29, 0.717) is 28.1 Å². The number of rotatable bonds is 5. The summed E-state index contributed by atoms with van der Waals surface area (Å²) in [5.74, 6) is 0.196. The van der Waals surface area contributed by atoms with Gasteiger partial charge in [-0.3, -0.25) is 9.36 Å². The van der Waals surface area contributed by atoms with Gasteiger partial charge in [0.2, 0.25) is 0 Å². The molecule has 0 radical (unpaired) electrons. The van der Waals surface area contributed by atoms with Gasteiger partial charge in [0.15, 0.2) is 0 Å². The number of nitrogens with two attached hydrogens (primary N) is 1. The summed E-state index contributed by atoms with van der Waals surface area (Å²) in [4.78, 5) is 24.6. The second-order valence-electron chi connectivity index (χ2n) is 6.57. The minimum absolute atomic E-state index is 0.0638. The Bertz CT molecular complexity index is 1340. The molecule has 4 rings (SSSR count). The van der Waals surface area contributed by atoms with Crippen molar-refractivity contribution in [3.05, 3.63) is 71.6 Å². The Balaban J connectivity index is 1.81. The van der Waals surface area contributed by atoms with Gasteiger partial charge in [-0.05, 0) is 30.3 Å². The van der Waals surface area contributed by atoms with E-state index in [9.17, 15) is 14.4 Å². The molecule has 2 aromatic heterocycles. The second-order valence-corrected chi connectivity index (χ2v) is 6.57. The Morgan fingerprint density at radius 2 is 2.10 bits per heavy atom. The Kier molecular flexibility index (Phi) is 5.15. The van der Waals surface area contributed by atoms with Crippen LogP contribution in [0.15, 0.2) is 48.8 Å². The first kappa shape index (κ1) is 19.8. The Morgan fingerprint density at radius 1 is 1.26 bits per heavy atom. The molecular formula is C21H17FN8O. The van der Waals surface area contributed by atoms with E-state index in [1.165, 1.54) is 18.5 Å². The zero-order chi connectivity index (χ0) is 22.0. The largest absolute Gasteiger partial charge is 0.382 e. The molecule has 2 aromatic carbocycles. The van der Waals surface area contributed by atoms with E-state index in [2.05, 4.69) is 25.6 Å². The van der Waals surface area contributed by atoms with Gasteiger partial charge in [-0.2, -0.15) is 5.26 Å². The first-order valence-corrected chi connectivity index (χ1v) is 9.25. The fraction of sp³-hybridized carbons (Fsp3) is 0.0952. The van der Waals surface area contributed by atoms with Crippen molar-refractivity contribution in [3.8, 4) is 11.8 Å². The molecule has 2 heterocycles. The number of hydrogen-bond donors (Lipinski definition) is 3. The summed E-state index contributed by atoms with van der Waals surface area (Å²) in [5, 5.41) is 15.0. The molecule has 4 N–H and O–H groups in total. The molecule has 0 saturated carbocycles. The number of benzene rings is 2. The number of anilines is 2. The van der Waals surface area contributed by atoms with Crippen molar-refractivity contribution in [1.29, 1.82) is 5.26 Å². The van der Waals surface area contributed by atoms with E-state index in [4.69, 9.17) is 5.73 Å². The van der Waals surface area contributed by atoms with Crippen molar-refractivity contribution in [2.45, 2.75) is 6.54 Å². The lowest BCUT2D eigenvalue weighted by atomic mass is 10.2. The smallest absolute Gasteiger partial charge is 0.251 e. The number of aromatic nitrogens is 4. The molecule has 154 valence electrons. The van der Waals surface area contributed by atoms with E-state index in [1.807, 2.05) is 6.07 Å². The number of nitriles is 1. The molecule has 0 bridgehead atoms. The predicted molar refractivity (Wildman–Crippen MR) is 113 cm³/mol. The Labute approximate surface area is 176 Å². The van der Waals surface area contributed by atoms with Gasteiger partial charge in [0.25, 0.3) is 5.91 Å². The molecule has 4 aromatic rings. The number of carbonyl (C=O) groups is 1. The van der Waals surface area contributed by atoms with Crippen molar-refractivity contribution < 1.29 is 9.18 Å². The van der Waals surface area contributed by atoms with E-state index >= 15 is 0 Å². The number of nitrogens with one attached hydrogen (secondary N) is 2. The highest BCUT2D eigenvalue weighted by atomic mass is 19.1. The average molecular weight is 416 g/mol. The van der Waals surface area contributed by atoms with Gasteiger partial charge < -0.3 is 16.4 Å². The van der Waals surface area contributed by atoms with Crippen molar-refractivity contribution in [2.24, 2.45) is 0 Å². The molecule has 0 saturated heterocycles. The van der Waals surface area contributed by atoms with Crippen molar-refractivity contribution >= 4 is 28.6 Å². The summed E-state index contributed by atoms with van der Waals surface area (Å²) in [6.07, 6.45) is 1.25. The topological polar surface area (TPSA) is 135 Å². The van der Waals surface area contributed by atoms with Gasteiger partial charge in [-0.25, -0.2) is 19.3 Å². The maximum absolute atomic E-state index is 14.0. The van der Waals surface area contributed by atoms with Crippen LogP contribution in [0, 0.1) is 17.1 Å². The van der Waals surface area contributed by atoms with Crippen LogP contribution >= 0.6 is 0 Å². The molecule has 0 aliphatic heterocycles. The molecule has 9 nitrogen and oxygen atoms in total. The fourth-order valence-corrected chi connectivity index (χ4v) is 3.24. The van der Waals surface area contributed by atoms with Crippen LogP contribution in [0.1, 0.15) is 21.7 Å². The van der Waals surface area contributed by atoms with Gasteiger partial charge >= 0.3 is 0 Å². The normalized spacial score (nSPS) is 10.6. The Morgan fingerprint density at radius 3 is 2.87 bits per heavy atom. The minimum atomic E-state index is -0.411. The van der Waals surface area contributed by atoms with Crippen LogP contribution in [0.25, 0.3) is 16.7 Å². The number of nitrogen functional groups attached to an aromatic ring is 1. The van der Waals surface area contributed by atoms with Crippen LogP contribution in [0.2, 0.25) is 0 Å². The monoisotopic (exact) mass is 416 g/mol. The van der Waals surface area contributed by atoms with Crippen LogP contribution in [0.4, 0.5) is 16.0 Å². The third kappa shape index (κ3) is 3.72. The van der Waals surface area contributed by atoms with Crippen LogP contribution in [-0.2, 0) is 6.54 Å². The zero-order valence-electron chi connectivity index (χ0n) is 16.4. The number of nitrogens with zero attached hydrogens (tertiary/aromatic N) is 5. The summed E-state index contributed by atoms with van der Waals surface area (Å²) in [5.41, 5.74) is 8.06. The van der Waals surface area contributed by atoms with Crippen LogP contribution in [-0.4, -0.2) is 32.5 Å².